The van der Waals surface area contributed by atoms with Gasteiger partial charge in [0.2, 0.25) is 0 Å². The third kappa shape index (κ3) is 4.47. The summed E-state index contributed by atoms with van der Waals surface area (Å²) in [6.45, 7) is 6.84. The number of benzene rings is 1. The quantitative estimate of drug-likeness (QED) is 0.726. The second-order valence-corrected chi connectivity index (χ2v) is 7.00. The molecule has 1 aromatic carbocycles. The first-order valence-corrected chi connectivity index (χ1v) is 8.42. The number of furan rings is 1. The highest BCUT2D eigenvalue weighted by molar-refractivity contribution is 5.91. The van der Waals surface area contributed by atoms with E-state index in [1.165, 1.54) is 11.8 Å². The Morgan fingerprint density at radius 2 is 1.85 bits per heavy atom. The van der Waals surface area contributed by atoms with Crippen LogP contribution < -0.4 is 10.6 Å². The number of anilines is 2. The molecule has 2 heterocycles. The van der Waals surface area contributed by atoms with Crippen LogP contribution >= 0.6 is 0 Å². The fraction of sp³-hybridized carbons (Fsp3) is 0.250. The zero-order chi connectivity index (χ0) is 18.6. The molecular weight excluding hydrogens is 328 g/mol. The monoisotopic (exact) mass is 350 g/mol. The van der Waals surface area contributed by atoms with E-state index in [-0.39, 0.29) is 17.0 Å². The molecule has 1 amide bonds. The van der Waals surface area contributed by atoms with E-state index in [0.717, 1.165) is 5.69 Å². The van der Waals surface area contributed by atoms with E-state index < -0.39 is 0 Å². The highest BCUT2D eigenvalue weighted by Gasteiger charge is 2.13. The molecule has 3 rings (SSSR count). The van der Waals surface area contributed by atoms with E-state index in [1.54, 1.807) is 24.6 Å². The molecule has 134 valence electrons. The number of aromatic nitrogens is 2. The summed E-state index contributed by atoms with van der Waals surface area (Å²) >= 11 is 0. The van der Waals surface area contributed by atoms with Crippen LogP contribution in [0, 0.1) is 0 Å². The van der Waals surface area contributed by atoms with Gasteiger partial charge in [0.25, 0.3) is 5.91 Å². The molecule has 2 aromatic heterocycles. The molecule has 0 aliphatic heterocycles. The molecule has 0 saturated carbocycles. The molecule has 0 aliphatic carbocycles. The van der Waals surface area contributed by atoms with Crippen molar-refractivity contribution in [3.8, 4) is 0 Å². The highest BCUT2D eigenvalue weighted by Crippen LogP contribution is 2.24. The van der Waals surface area contributed by atoms with E-state index in [1.807, 2.05) is 12.1 Å². The fourth-order valence-electron chi connectivity index (χ4n) is 2.38. The summed E-state index contributed by atoms with van der Waals surface area (Å²) in [4.78, 5) is 20.5. The van der Waals surface area contributed by atoms with E-state index in [0.29, 0.717) is 18.1 Å². The minimum absolute atomic E-state index is 0.114. The minimum atomic E-state index is -0.296. The topological polar surface area (TPSA) is 80.0 Å². The maximum absolute atomic E-state index is 12.1. The van der Waals surface area contributed by atoms with Crippen LogP contribution in [-0.4, -0.2) is 15.9 Å². The third-order valence-corrected chi connectivity index (χ3v) is 3.91. The molecular formula is C20H22N4O2. The molecule has 0 aliphatic rings. The van der Waals surface area contributed by atoms with E-state index in [2.05, 4.69) is 53.5 Å². The first-order valence-electron chi connectivity index (χ1n) is 8.42. The number of carbonyl (C=O) groups is 1. The number of hydrogen-bond donors (Lipinski definition) is 2. The summed E-state index contributed by atoms with van der Waals surface area (Å²) in [7, 11) is 0. The van der Waals surface area contributed by atoms with Crippen molar-refractivity contribution < 1.29 is 9.21 Å². The molecule has 6 nitrogen and oxygen atoms in total. The van der Waals surface area contributed by atoms with Crippen molar-refractivity contribution in [3.05, 3.63) is 72.1 Å². The van der Waals surface area contributed by atoms with Gasteiger partial charge >= 0.3 is 0 Å². The third-order valence-electron chi connectivity index (χ3n) is 3.91. The van der Waals surface area contributed by atoms with Gasteiger partial charge in [-0.3, -0.25) is 4.79 Å². The van der Waals surface area contributed by atoms with Crippen LogP contribution in [0.4, 0.5) is 11.5 Å². The zero-order valence-electron chi connectivity index (χ0n) is 15.1. The molecule has 26 heavy (non-hydrogen) atoms. The normalized spacial score (nSPS) is 11.2. The van der Waals surface area contributed by atoms with Gasteiger partial charge in [0.1, 0.15) is 17.3 Å². The second-order valence-electron chi connectivity index (χ2n) is 7.00. The molecule has 6 heteroatoms. The first kappa shape index (κ1) is 17.7. The van der Waals surface area contributed by atoms with Crippen molar-refractivity contribution in [2.75, 3.05) is 5.32 Å². The Balaban J connectivity index is 1.59. The molecule has 0 fully saturated rings. The summed E-state index contributed by atoms with van der Waals surface area (Å²) in [5.41, 5.74) is 2.55. The van der Waals surface area contributed by atoms with Gasteiger partial charge in [-0.15, -0.1) is 0 Å². The Labute approximate surface area is 152 Å². The molecule has 0 spiro atoms. The lowest BCUT2D eigenvalue weighted by atomic mass is 9.87. The summed E-state index contributed by atoms with van der Waals surface area (Å²) in [5.74, 6) is 0.967. The van der Waals surface area contributed by atoms with Crippen molar-refractivity contribution in [3.63, 3.8) is 0 Å². The summed E-state index contributed by atoms with van der Waals surface area (Å²) < 4.78 is 5.17. The van der Waals surface area contributed by atoms with Gasteiger partial charge < -0.3 is 15.1 Å². The number of amides is 1. The van der Waals surface area contributed by atoms with E-state index in [4.69, 9.17) is 4.42 Å². The van der Waals surface area contributed by atoms with Crippen LogP contribution in [0.3, 0.4) is 0 Å². The van der Waals surface area contributed by atoms with Gasteiger partial charge in [-0.2, -0.15) is 0 Å². The van der Waals surface area contributed by atoms with Crippen LogP contribution in [0.25, 0.3) is 0 Å². The summed E-state index contributed by atoms with van der Waals surface area (Å²) in [5, 5.41) is 5.92. The van der Waals surface area contributed by atoms with Gasteiger partial charge in [-0.05, 0) is 35.2 Å². The van der Waals surface area contributed by atoms with Gasteiger partial charge in [0, 0.05) is 5.69 Å². The SMILES string of the molecule is CC(C)(C)c1ccc(Nc2cnc(C(=O)NCc3ccco3)cn2)cc1. The minimum Gasteiger partial charge on any atom is -0.467 e. The average Bonchev–Trinajstić information content (AvgIpc) is 3.13. The van der Waals surface area contributed by atoms with Crippen molar-refractivity contribution in [1.82, 2.24) is 15.3 Å². The number of rotatable bonds is 5. The van der Waals surface area contributed by atoms with E-state index >= 15 is 0 Å². The Kier molecular flexibility index (Phi) is 5.02. The maximum Gasteiger partial charge on any atom is 0.271 e. The summed E-state index contributed by atoms with van der Waals surface area (Å²) in [6.07, 6.45) is 4.55. The van der Waals surface area contributed by atoms with Crippen LogP contribution in [0.5, 0.6) is 0 Å². The number of hydrogen-bond acceptors (Lipinski definition) is 5. The lowest BCUT2D eigenvalue weighted by Crippen LogP contribution is -2.23. The van der Waals surface area contributed by atoms with E-state index in [9.17, 15) is 4.79 Å². The lowest BCUT2D eigenvalue weighted by molar-refractivity contribution is 0.0942. The summed E-state index contributed by atoms with van der Waals surface area (Å²) in [6, 6.07) is 11.8. The van der Waals surface area contributed by atoms with Crippen molar-refractivity contribution in [2.24, 2.45) is 0 Å². The molecule has 0 radical (unpaired) electrons. The molecule has 0 atom stereocenters. The van der Waals surface area contributed by atoms with Gasteiger partial charge in [0.15, 0.2) is 0 Å². The Hall–Kier alpha value is -3.15. The molecule has 2 N–H and O–H groups in total. The van der Waals surface area contributed by atoms with Crippen molar-refractivity contribution >= 4 is 17.4 Å². The number of carbonyl (C=O) groups excluding carboxylic acids is 1. The largest absolute Gasteiger partial charge is 0.467 e. The van der Waals surface area contributed by atoms with Crippen LogP contribution in [0.2, 0.25) is 0 Å². The Bertz CT molecular complexity index is 848. The second kappa shape index (κ2) is 7.39. The van der Waals surface area contributed by atoms with Crippen LogP contribution in [-0.2, 0) is 12.0 Å². The van der Waals surface area contributed by atoms with Crippen LogP contribution in [0.15, 0.2) is 59.5 Å². The molecule has 0 bridgehead atoms. The Morgan fingerprint density at radius 3 is 2.42 bits per heavy atom. The smallest absolute Gasteiger partial charge is 0.271 e. The lowest BCUT2D eigenvalue weighted by Gasteiger charge is -2.19. The standard InChI is InChI=1S/C20H22N4O2/c1-20(2,3)14-6-8-15(9-7-14)24-18-13-21-17(12-22-18)19(25)23-11-16-5-4-10-26-16/h4-10,12-13H,11H2,1-3H3,(H,22,24)(H,23,25). The number of nitrogens with one attached hydrogen (secondary N) is 2. The van der Waals surface area contributed by atoms with Crippen molar-refractivity contribution in [2.45, 2.75) is 32.7 Å². The number of nitrogens with zero attached hydrogens (tertiary/aromatic N) is 2. The van der Waals surface area contributed by atoms with Crippen molar-refractivity contribution in [1.29, 1.82) is 0 Å². The van der Waals surface area contributed by atoms with Gasteiger partial charge in [-0.1, -0.05) is 32.9 Å². The predicted octanol–water partition coefficient (Wildman–Crippen LogP) is 4.04. The zero-order valence-corrected chi connectivity index (χ0v) is 15.1. The predicted molar refractivity (Wildman–Crippen MR) is 100 cm³/mol. The highest BCUT2D eigenvalue weighted by atomic mass is 16.3. The van der Waals surface area contributed by atoms with Gasteiger partial charge in [0.05, 0.1) is 25.2 Å². The maximum atomic E-state index is 12.1. The Morgan fingerprint density at radius 1 is 1.08 bits per heavy atom. The average molecular weight is 350 g/mol. The molecule has 0 saturated heterocycles. The van der Waals surface area contributed by atoms with Gasteiger partial charge in [-0.25, -0.2) is 9.97 Å². The fourth-order valence-corrected chi connectivity index (χ4v) is 2.38. The van der Waals surface area contributed by atoms with Crippen LogP contribution in [0.1, 0.15) is 42.6 Å². The molecule has 3 aromatic rings. The first-order chi connectivity index (χ1) is 12.4. The molecule has 0 unspecified atom stereocenters.